The molecule has 0 aliphatic carbocycles. The first-order valence-electron chi connectivity index (χ1n) is 5.51. The van der Waals surface area contributed by atoms with E-state index in [0.29, 0.717) is 15.7 Å². The molecule has 0 fully saturated rings. The van der Waals surface area contributed by atoms with Gasteiger partial charge in [0.15, 0.2) is 3.95 Å². The molecule has 0 radical (unpaired) electrons. The zero-order valence-corrected chi connectivity index (χ0v) is 13.7. The molecule has 0 aliphatic rings. The molecular weight excluding hydrogens is 355 g/mol. The van der Waals surface area contributed by atoms with Crippen LogP contribution in [0, 0.1) is 3.95 Å². The highest BCUT2D eigenvalue weighted by molar-refractivity contribution is 7.73. The topological polar surface area (TPSA) is 76.0 Å². The molecule has 0 atom stereocenters. The Morgan fingerprint density at radius 2 is 2.00 bits per heavy atom. The van der Waals surface area contributed by atoms with E-state index < -0.39 is 6.03 Å². The van der Waals surface area contributed by atoms with Gasteiger partial charge in [0.05, 0.1) is 10.0 Å². The number of carbonyl (C=O) groups is 2. The van der Waals surface area contributed by atoms with Gasteiger partial charge in [0, 0.05) is 12.6 Å². The van der Waals surface area contributed by atoms with Crippen LogP contribution in [0.25, 0.3) is 0 Å². The number of hydrogen-bond acceptors (Lipinski definition) is 5. The van der Waals surface area contributed by atoms with Gasteiger partial charge in [-0.2, -0.15) is 4.68 Å². The average Bonchev–Trinajstić information content (AvgIpc) is 2.74. The second-order valence-electron chi connectivity index (χ2n) is 3.83. The van der Waals surface area contributed by atoms with Crippen LogP contribution in [0.2, 0.25) is 10.0 Å². The number of nitrogens with zero attached hydrogens (tertiary/aromatic N) is 2. The number of nitrogens with one attached hydrogen (secondary N) is 2. The number of hydrogen-bond donors (Lipinski definition) is 2. The van der Waals surface area contributed by atoms with Crippen molar-refractivity contribution in [1.82, 2.24) is 9.78 Å². The molecule has 2 rings (SSSR count). The number of aromatic nitrogens is 2. The van der Waals surface area contributed by atoms with E-state index in [0.717, 1.165) is 16.0 Å². The molecule has 0 aliphatic heterocycles. The lowest BCUT2D eigenvalue weighted by atomic mass is 10.3. The summed E-state index contributed by atoms with van der Waals surface area (Å²) in [6.07, 6.45) is 0. The minimum Gasteiger partial charge on any atom is -0.306 e. The highest BCUT2D eigenvalue weighted by Crippen LogP contribution is 2.25. The van der Waals surface area contributed by atoms with Crippen LogP contribution in [0.1, 0.15) is 6.92 Å². The Kier molecular flexibility index (Phi) is 4.94. The summed E-state index contributed by atoms with van der Waals surface area (Å²) >= 11 is 17.7. The molecule has 1 aromatic heterocycles. The first-order chi connectivity index (χ1) is 9.86. The smallest absolute Gasteiger partial charge is 0.306 e. The van der Waals surface area contributed by atoms with Crippen molar-refractivity contribution >= 4 is 69.5 Å². The first-order valence-corrected chi connectivity index (χ1v) is 7.49. The Bertz CT molecular complexity index is 772. The largest absolute Gasteiger partial charge is 0.348 e. The number of halogens is 2. The Labute approximate surface area is 138 Å². The summed E-state index contributed by atoms with van der Waals surface area (Å²) in [5.74, 6) is -0.296. The van der Waals surface area contributed by atoms with E-state index in [2.05, 4.69) is 15.7 Å². The summed E-state index contributed by atoms with van der Waals surface area (Å²) in [4.78, 5) is 23.0. The van der Waals surface area contributed by atoms with Crippen molar-refractivity contribution < 1.29 is 9.59 Å². The van der Waals surface area contributed by atoms with E-state index >= 15 is 0 Å². The summed E-state index contributed by atoms with van der Waals surface area (Å²) in [7, 11) is 0. The minimum atomic E-state index is -0.564. The molecule has 1 aromatic carbocycles. The highest BCUT2D eigenvalue weighted by Gasteiger charge is 2.12. The second kappa shape index (κ2) is 6.52. The zero-order valence-electron chi connectivity index (χ0n) is 10.5. The van der Waals surface area contributed by atoms with Crippen LogP contribution in [-0.2, 0) is 4.79 Å². The van der Waals surface area contributed by atoms with Crippen LogP contribution in [0.4, 0.5) is 15.6 Å². The minimum absolute atomic E-state index is 0.205. The monoisotopic (exact) mass is 362 g/mol. The van der Waals surface area contributed by atoms with E-state index in [4.69, 9.17) is 35.4 Å². The summed E-state index contributed by atoms with van der Waals surface area (Å²) in [6, 6.07) is 4.09. The third-order valence-corrected chi connectivity index (χ3v) is 4.08. The predicted molar refractivity (Wildman–Crippen MR) is 86.1 cm³/mol. The van der Waals surface area contributed by atoms with Crippen LogP contribution in [0.5, 0.6) is 0 Å². The van der Waals surface area contributed by atoms with Crippen molar-refractivity contribution in [2.75, 3.05) is 10.6 Å². The van der Waals surface area contributed by atoms with Crippen molar-refractivity contribution in [3.63, 3.8) is 0 Å². The molecule has 6 nitrogen and oxygen atoms in total. The van der Waals surface area contributed by atoms with Gasteiger partial charge in [0.2, 0.25) is 11.0 Å². The average molecular weight is 363 g/mol. The Morgan fingerprint density at radius 1 is 1.29 bits per heavy atom. The van der Waals surface area contributed by atoms with Gasteiger partial charge in [0.1, 0.15) is 0 Å². The van der Waals surface area contributed by atoms with Crippen LogP contribution in [0.15, 0.2) is 18.2 Å². The van der Waals surface area contributed by atoms with Gasteiger partial charge < -0.3 is 10.6 Å². The highest BCUT2D eigenvalue weighted by atomic mass is 35.5. The van der Waals surface area contributed by atoms with Gasteiger partial charge in [-0.15, -0.1) is 5.10 Å². The molecule has 10 heteroatoms. The van der Waals surface area contributed by atoms with Crippen LogP contribution in [-0.4, -0.2) is 21.7 Å². The SMILES string of the molecule is CC(=O)Nc1nn(C(=O)Nc2ccc(Cl)c(Cl)c2)c(=S)s1. The first kappa shape index (κ1) is 15.9. The molecule has 2 N–H and O–H groups in total. The van der Waals surface area contributed by atoms with E-state index in [-0.39, 0.29) is 15.0 Å². The standard InChI is InChI=1S/C11H8Cl2N4O2S2/c1-5(18)14-9-16-17(11(20)21-9)10(19)15-6-2-3-7(12)8(13)4-6/h2-4H,1H3,(H,15,19)(H,14,16,18). The van der Waals surface area contributed by atoms with Gasteiger partial charge in [-0.3, -0.25) is 4.79 Å². The molecule has 0 bridgehead atoms. The molecule has 0 spiro atoms. The van der Waals surface area contributed by atoms with Crippen molar-refractivity contribution in [1.29, 1.82) is 0 Å². The van der Waals surface area contributed by atoms with Crippen LogP contribution < -0.4 is 10.6 Å². The van der Waals surface area contributed by atoms with Crippen molar-refractivity contribution in [3.8, 4) is 0 Å². The molecular formula is C11H8Cl2N4O2S2. The van der Waals surface area contributed by atoms with Crippen LogP contribution in [0.3, 0.4) is 0 Å². The lowest BCUT2D eigenvalue weighted by Crippen LogP contribution is -2.21. The van der Waals surface area contributed by atoms with Crippen molar-refractivity contribution in [3.05, 3.63) is 32.2 Å². The maximum absolute atomic E-state index is 12.1. The van der Waals surface area contributed by atoms with E-state index in [1.165, 1.54) is 13.0 Å². The molecule has 2 amide bonds. The molecule has 21 heavy (non-hydrogen) atoms. The molecule has 0 saturated carbocycles. The molecule has 110 valence electrons. The van der Waals surface area contributed by atoms with E-state index in [9.17, 15) is 9.59 Å². The van der Waals surface area contributed by atoms with Crippen molar-refractivity contribution in [2.45, 2.75) is 6.92 Å². The number of carbonyl (C=O) groups excluding carboxylic acids is 2. The third-order valence-electron chi connectivity index (χ3n) is 2.19. The fourth-order valence-electron chi connectivity index (χ4n) is 1.36. The van der Waals surface area contributed by atoms with Gasteiger partial charge in [-0.25, -0.2) is 4.79 Å². The molecule has 0 saturated heterocycles. The number of amides is 2. The fourth-order valence-corrected chi connectivity index (χ4v) is 2.71. The number of benzene rings is 1. The van der Waals surface area contributed by atoms with Gasteiger partial charge >= 0.3 is 6.03 Å². The van der Waals surface area contributed by atoms with Crippen molar-refractivity contribution in [2.24, 2.45) is 0 Å². The van der Waals surface area contributed by atoms with E-state index in [1.807, 2.05) is 0 Å². The summed E-state index contributed by atoms with van der Waals surface area (Å²) in [6.45, 7) is 1.34. The molecule has 1 heterocycles. The Hall–Kier alpha value is -1.48. The lowest BCUT2D eigenvalue weighted by Gasteiger charge is -2.05. The summed E-state index contributed by atoms with van der Waals surface area (Å²) in [5.41, 5.74) is 0.449. The van der Waals surface area contributed by atoms with Gasteiger partial charge in [-0.05, 0) is 30.4 Å². The molecule has 2 aromatic rings. The predicted octanol–water partition coefficient (Wildman–Crippen LogP) is 4.02. The lowest BCUT2D eigenvalue weighted by molar-refractivity contribution is -0.114. The summed E-state index contributed by atoms with van der Waals surface area (Å²) < 4.78 is 1.18. The number of rotatable bonds is 2. The van der Waals surface area contributed by atoms with E-state index in [1.54, 1.807) is 12.1 Å². The quantitative estimate of drug-likeness (QED) is 0.791. The fraction of sp³-hybridized carbons (Fsp3) is 0.0909. The Morgan fingerprint density at radius 3 is 2.62 bits per heavy atom. The number of anilines is 2. The maximum atomic E-state index is 12.1. The zero-order chi connectivity index (χ0) is 15.6. The summed E-state index contributed by atoms with van der Waals surface area (Å²) in [5, 5.41) is 9.90. The van der Waals surface area contributed by atoms with Crippen LogP contribution >= 0.6 is 46.8 Å². The third kappa shape index (κ3) is 4.01. The van der Waals surface area contributed by atoms with Gasteiger partial charge in [-0.1, -0.05) is 34.5 Å². The maximum Gasteiger partial charge on any atom is 0.348 e. The Balaban J connectivity index is 2.20. The van der Waals surface area contributed by atoms with Gasteiger partial charge in [0.25, 0.3) is 0 Å². The normalized spacial score (nSPS) is 10.2. The molecule has 0 unspecified atom stereocenters. The second-order valence-corrected chi connectivity index (χ2v) is 6.26.